The van der Waals surface area contributed by atoms with Crippen molar-refractivity contribution in [3.05, 3.63) is 47.4 Å². The molecule has 0 saturated carbocycles. The summed E-state index contributed by atoms with van der Waals surface area (Å²) in [4.78, 5) is -0.165. The zero-order valence-electron chi connectivity index (χ0n) is 13.6. The molecule has 0 bridgehead atoms. The maximum atomic E-state index is 6.71. The van der Waals surface area contributed by atoms with Crippen LogP contribution in [0.5, 0.6) is 0 Å². The van der Waals surface area contributed by atoms with Crippen molar-refractivity contribution in [2.75, 3.05) is 13.6 Å². The summed E-state index contributed by atoms with van der Waals surface area (Å²) in [5.41, 5.74) is 1.36. The summed E-state index contributed by atoms with van der Waals surface area (Å²) in [7, 11) is 1.99. The van der Waals surface area contributed by atoms with Crippen LogP contribution in [0, 0.1) is 5.41 Å². The van der Waals surface area contributed by atoms with Gasteiger partial charge in [-0.1, -0.05) is 68.9 Å². The van der Waals surface area contributed by atoms with Gasteiger partial charge in [-0.25, -0.2) is 0 Å². The minimum absolute atomic E-state index is 0.0911. The molecule has 0 spiro atoms. The van der Waals surface area contributed by atoms with Crippen LogP contribution >= 0.6 is 11.8 Å². The van der Waals surface area contributed by atoms with Gasteiger partial charge in [-0.2, -0.15) is 0 Å². The topological polar surface area (TPSA) is 21.3 Å². The number of ether oxygens (including phenoxy) is 1. The van der Waals surface area contributed by atoms with E-state index in [1.165, 1.54) is 5.56 Å². The van der Waals surface area contributed by atoms with Crippen LogP contribution in [-0.2, 0) is 4.74 Å². The smallest absolute Gasteiger partial charge is 0.126 e. The molecule has 0 saturated heterocycles. The van der Waals surface area contributed by atoms with Crippen LogP contribution < -0.4 is 5.32 Å². The van der Waals surface area contributed by atoms with E-state index in [1.54, 1.807) is 0 Å². The third-order valence-electron chi connectivity index (χ3n) is 4.04. The monoisotopic (exact) mass is 305 g/mol. The van der Waals surface area contributed by atoms with Gasteiger partial charge in [0.2, 0.25) is 0 Å². The van der Waals surface area contributed by atoms with Gasteiger partial charge in [-0.15, -0.1) is 0 Å². The van der Waals surface area contributed by atoms with E-state index < -0.39 is 0 Å². The first-order valence-electron chi connectivity index (χ1n) is 7.69. The molecule has 2 atom stereocenters. The third kappa shape index (κ3) is 3.91. The molecule has 1 aromatic rings. The summed E-state index contributed by atoms with van der Waals surface area (Å²) in [6.07, 6.45) is 4.32. The van der Waals surface area contributed by atoms with Crippen LogP contribution in [0.2, 0.25) is 0 Å². The Bertz CT molecular complexity index is 456. The highest BCUT2D eigenvalue weighted by Gasteiger charge is 2.46. The van der Waals surface area contributed by atoms with E-state index >= 15 is 0 Å². The number of benzene rings is 1. The molecule has 0 aromatic heterocycles. The summed E-state index contributed by atoms with van der Waals surface area (Å²) in [6, 6.07) is 10.6. The highest BCUT2D eigenvalue weighted by molar-refractivity contribution is 8.03. The van der Waals surface area contributed by atoms with Crippen molar-refractivity contribution in [2.24, 2.45) is 5.41 Å². The van der Waals surface area contributed by atoms with Crippen molar-refractivity contribution in [1.82, 2.24) is 5.32 Å². The van der Waals surface area contributed by atoms with E-state index in [-0.39, 0.29) is 16.5 Å². The van der Waals surface area contributed by atoms with Crippen LogP contribution in [0.1, 0.15) is 45.3 Å². The zero-order valence-corrected chi connectivity index (χ0v) is 14.4. The van der Waals surface area contributed by atoms with Crippen LogP contribution in [0.4, 0.5) is 0 Å². The molecule has 3 heteroatoms. The molecule has 1 aromatic carbocycles. The summed E-state index contributed by atoms with van der Waals surface area (Å²) in [5.74, 6) is 0. The Balaban J connectivity index is 2.21. The van der Waals surface area contributed by atoms with Gasteiger partial charge < -0.3 is 10.1 Å². The Morgan fingerprint density at radius 3 is 2.52 bits per heavy atom. The van der Waals surface area contributed by atoms with Gasteiger partial charge in [0, 0.05) is 11.8 Å². The molecular weight excluding hydrogens is 278 g/mol. The molecule has 2 unspecified atom stereocenters. The SMILES string of the molecule is CNCCC(OC1(C(C)(C)C)CC=CS1)c1ccccc1. The van der Waals surface area contributed by atoms with Gasteiger partial charge in [0.1, 0.15) is 4.93 Å². The Kier molecular flexibility index (Phi) is 5.53. The zero-order chi connectivity index (χ0) is 15.3. The largest absolute Gasteiger partial charge is 0.355 e. The highest BCUT2D eigenvalue weighted by atomic mass is 32.2. The third-order valence-corrected chi connectivity index (χ3v) is 5.63. The number of thioether (sulfide) groups is 1. The van der Waals surface area contributed by atoms with Crippen molar-refractivity contribution in [3.8, 4) is 0 Å². The summed E-state index contributed by atoms with van der Waals surface area (Å²) >= 11 is 1.83. The maximum Gasteiger partial charge on any atom is 0.126 e. The van der Waals surface area contributed by atoms with E-state index in [1.807, 2.05) is 18.8 Å². The molecule has 116 valence electrons. The minimum atomic E-state index is -0.165. The van der Waals surface area contributed by atoms with Crippen LogP contribution in [0.15, 0.2) is 41.8 Å². The van der Waals surface area contributed by atoms with Gasteiger partial charge in [0.25, 0.3) is 0 Å². The number of hydrogen-bond acceptors (Lipinski definition) is 3. The predicted molar refractivity (Wildman–Crippen MR) is 92.3 cm³/mol. The van der Waals surface area contributed by atoms with E-state index in [0.717, 1.165) is 19.4 Å². The average molecular weight is 305 g/mol. The fourth-order valence-corrected chi connectivity index (χ4v) is 3.74. The van der Waals surface area contributed by atoms with Crippen molar-refractivity contribution in [1.29, 1.82) is 0 Å². The first-order valence-corrected chi connectivity index (χ1v) is 8.57. The lowest BCUT2D eigenvalue weighted by molar-refractivity contribution is -0.0924. The fraction of sp³-hybridized carbons (Fsp3) is 0.556. The second kappa shape index (κ2) is 6.99. The maximum absolute atomic E-state index is 6.71. The molecule has 1 N–H and O–H groups in total. The first kappa shape index (κ1) is 16.6. The van der Waals surface area contributed by atoms with E-state index in [4.69, 9.17) is 4.74 Å². The summed E-state index contributed by atoms with van der Waals surface area (Å²) < 4.78 is 6.71. The van der Waals surface area contributed by atoms with Crippen molar-refractivity contribution >= 4 is 11.8 Å². The van der Waals surface area contributed by atoms with Crippen LogP contribution in [-0.4, -0.2) is 18.5 Å². The molecule has 2 nitrogen and oxygen atoms in total. The standard InChI is InChI=1S/C18H27NOS/c1-17(2,3)18(12-8-14-21-18)20-16(11-13-19-4)15-9-6-5-7-10-15/h5-10,14,16,19H,11-13H2,1-4H3. The van der Waals surface area contributed by atoms with Gasteiger partial charge in [0.15, 0.2) is 0 Å². The molecule has 2 rings (SSSR count). The van der Waals surface area contributed by atoms with Crippen LogP contribution in [0.3, 0.4) is 0 Å². The second-order valence-corrected chi connectivity index (χ2v) is 7.77. The summed E-state index contributed by atoms with van der Waals surface area (Å²) in [6.45, 7) is 7.77. The molecule has 0 radical (unpaired) electrons. The Hall–Kier alpha value is -0.770. The molecule has 1 aliphatic rings. The minimum Gasteiger partial charge on any atom is -0.355 e. The number of rotatable bonds is 6. The molecule has 0 amide bonds. The molecule has 0 fully saturated rings. The lowest BCUT2D eigenvalue weighted by Crippen LogP contribution is -2.41. The van der Waals surface area contributed by atoms with Gasteiger partial charge >= 0.3 is 0 Å². The van der Waals surface area contributed by atoms with E-state index in [9.17, 15) is 0 Å². The average Bonchev–Trinajstić information content (AvgIpc) is 2.94. The van der Waals surface area contributed by atoms with Gasteiger partial charge in [0.05, 0.1) is 6.10 Å². The first-order chi connectivity index (χ1) is 9.98. The lowest BCUT2D eigenvalue weighted by Gasteiger charge is -2.43. The highest BCUT2D eigenvalue weighted by Crippen LogP contribution is 2.52. The van der Waals surface area contributed by atoms with E-state index in [2.05, 4.69) is 67.9 Å². The lowest BCUT2D eigenvalue weighted by atomic mass is 9.86. The van der Waals surface area contributed by atoms with E-state index in [0.29, 0.717) is 0 Å². The van der Waals surface area contributed by atoms with Crippen LogP contribution in [0.25, 0.3) is 0 Å². The Morgan fingerprint density at radius 2 is 2.00 bits per heavy atom. The fourth-order valence-electron chi connectivity index (χ4n) is 2.61. The Morgan fingerprint density at radius 1 is 1.29 bits per heavy atom. The van der Waals surface area contributed by atoms with Crippen molar-refractivity contribution in [2.45, 2.75) is 44.6 Å². The second-order valence-electron chi connectivity index (χ2n) is 6.61. The molecule has 21 heavy (non-hydrogen) atoms. The van der Waals surface area contributed by atoms with Gasteiger partial charge in [-0.3, -0.25) is 0 Å². The predicted octanol–water partition coefficient (Wildman–Crippen LogP) is 4.75. The van der Waals surface area contributed by atoms with Crippen molar-refractivity contribution < 1.29 is 4.74 Å². The molecular formula is C18H27NOS. The Labute approximate surface area is 133 Å². The number of nitrogens with one attached hydrogen (secondary N) is 1. The normalized spacial score (nSPS) is 23.4. The van der Waals surface area contributed by atoms with Gasteiger partial charge in [-0.05, 0) is 31.0 Å². The molecule has 1 heterocycles. The number of hydrogen-bond donors (Lipinski definition) is 1. The summed E-state index contributed by atoms with van der Waals surface area (Å²) in [5, 5.41) is 5.43. The quantitative estimate of drug-likeness (QED) is 0.819. The van der Waals surface area contributed by atoms with Crippen molar-refractivity contribution in [3.63, 3.8) is 0 Å². The molecule has 1 aliphatic heterocycles. The molecule has 0 aliphatic carbocycles.